The van der Waals surface area contributed by atoms with Crippen LogP contribution in [0.4, 0.5) is 5.69 Å². The van der Waals surface area contributed by atoms with Crippen molar-refractivity contribution in [1.29, 1.82) is 0 Å². The molecule has 26 heavy (non-hydrogen) atoms. The second-order valence-corrected chi connectivity index (χ2v) is 7.08. The monoisotopic (exact) mass is 378 g/mol. The van der Waals surface area contributed by atoms with Crippen LogP contribution in [0.5, 0.6) is 0 Å². The molecule has 0 spiro atoms. The maximum absolute atomic E-state index is 12.5. The number of nitrogens with one attached hydrogen (secondary N) is 2. The molecule has 0 bridgehead atoms. The van der Waals surface area contributed by atoms with Crippen molar-refractivity contribution in [3.8, 4) is 0 Å². The summed E-state index contributed by atoms with van der Waals surface area (Å²) in [6, 6.07) is 17.6. The van der Waals surface area contributed by atoms with Gasteiger partial charge >= 0.3 is 0 Å². The fourth-order valence-electron chi connectivity index (χ4n) is 3.51. The van der Waals surface area contributed by atoms with E-state index in [2.05, 4.69) is 28.5 Å². The zero-order valence-electron chi connectivity index (χ0n) is 13.4. The van der Waals surface area contributed by atoms with Gasteiger partial charge in [0.1, 0.15) is 5.15 Å². The third kappa shape index (κ3) is 2.25. The highest BCUT2D eigenvalue weighted by Crippen LogP contribution is 2.38. The molecule has 1 aromatic heterocycles. The molecule has 3 nitrogen and oxygen atoms in total. The second-order valence-electron chi connectivity index (χ2n) is 6.26. The van der Waals surface area contributed by atoms with Gasteiger partial charge < -0.3 is 10.3 Å². The summed E-state index contributed by atoms with van der Waals surface area (Å²) < 4.78 is 0. The summed E-state index contributed by atoms with van der Waals surface area (Å²) in [5.74, 6) is -0.159. The van der Waals surface area contributed by atoms with Crippen LogP contribution in [0.3, 0.4) is 0 Å². The molecule has 126 valence electrons. The Bertz CT molecular complexity index is 1250. The summed E-state index contributed by atoms with van der Waals surface area (Å²) in [6.45, 7) is 0. The van der Waals surface area contributed by atoms with E-state index >= 15 is 0 Å². The quantitative estimate of drug-likeness (QED) is 0.385. The summed E-state index contributed by atoms with van der Waals surface area (Å²) in [7, 11) is 0. The van der Waals surface area contributed by atoms with Crippen LogP contribution in [0.25, 0.3) is 33.3 Å². The number of aromatic amines is 1. The van der Waals surface area contributed by atoms with Crippen molar-refractivity contribution in [3.05, 3.63) is 75.9 Å². The van der Waals surface area contributed by atoms with Crippen LogP contribution in [0.15, 0.2) is 54.6 Å². The molecule has 3 aromatic carbocycles. The van der Waals surface area contributed by atoms with E-state index < -0.39 is 0 Å². The highest BCUT2D eigenvalue weighted by molar-refractivity contribution is 6.39. The average Bonchev–Trinajstić information content (AvgIpc) is 3.12. The van der Waals surface area contributed by atoms with Gasteiger partial charge in [-0.1, -0.05) is 59.6 Å². The van der Waals surface area contributed by atoms with E-state index in [4.69, 9.17) is 23.2 Å². The molecule has 0 aliphatic carbocycles. The zero-order valence-corrected chi connectivity index (χ0v) is 14.9. The topological polar surface area (TPSA) is 44.9 Å². The molecule has 4 aromatic rings. The van der Waals surface area contributed by atoms with Crippen LogP contribution in [0.2, 0.25) is 10.2 Å². The molecular formula is C21H12Cl2N2O. The van der Waals surface area contributed by atoms with E-state index in [0.717, 1.165) is 38.5 Å². The first-order valence-electron chi connectivity index (χ1n) is 8.14. The van der Waals surface area contributed by atoms with Crippen molar-refractivity contribution in [2.24, 2.45) is 0 Å². The van der Waals surface area contributed by atoms with Crippen LogP contribution in [-0.2, 0) is 4.79 Å². The summed E-state index contributed by atoms with van der Waals surface area (Å²) in [5, 5.41) is 7.16. The van der Waals surface area contributed by atoms with Gasteiger partial charge in [0, 0.05) is 38.2 Å². The van der Waals surface area contributed by atoms with Crippen LogP contribution in [-0.4, -0.2) is 10.9 Å². The van der Waals surface area contributed by atoms with Gasteiger partial charge in [0.15, 0.2) is 0 Å². The molecule has 5 rings (SSSR count). The van der Waals surface area contributed by atoms with Crippen molar-refractivity contribution < 1.29 is 4.79 Å². The SMILES string of the molecule is O=C1Nc2ccc(Cl)cc2/C1=C\c1c(Cl)[nH]c2c1ccc1ccccc12. The van der Waals surface area contributed by atoms with E-state index in [1.54, 1.807) is 18.2 Å². The van der Waals surface area contributed by atoms with Gasteiger partial charge in [-0.2, -0.15) is 0 Å². The third-order valence-corrected chi connectivity index (χ3v) is 5.28. The van der Waals surface area contributed by atoms with Gasteiger partial charge in [-0.05, 0) is 29.7 Å². The third-order valence-electron chi connectivity index (χ3n) is 4.74. The Labute approximate surface area is 159 Å². The molecule has 0 unspecified atom stereocenters. The van der Waals surface area contributed by atoms with Crippen molar-refractivity contribution in [2.45, 2.75) is 0 Å². The van der Waals surface area contributed by atoms with Gasteiger partial charge in [0.05, 0.1) is 5.52 Å². The molecular weight excluding hydrogens is 367 g/mol. The Balaban J connectivity index is 1.77. The largest absolute Gasteiger partial charge is 0.345 e. The average molecular weight is 379 g/mol. The molecule has 5 heteroatoms. The lowest BCUT2D eigenvalue weighted by Crippen LogP contribution is -2.03. The first kappa shape index (κ1) is 15.5. The number of rotatable bonds is 1. The Morgan fingerprint density at radius 2 is 1.77 bits per heavy atom. The second kappa shape index (κ2) is 5.63. The fraction of sp³-hybridized carbons (Fsp3) is 0. The number of amides is 1. The first-order chi connectivity index (χ1) is 12.6. The number of H-pyrrole nitrogens is 1. The number of halogens is 2. The molecule has 0 atom stereocenters. The number of carbonyl (C=O) groups is 1. The zero-order chi connectivity index (χ0) is 17.8. The van der Waals surface area contributed by atoms with Crippen molar-refractivity contribution >= 4 is 68.1 Å². The Hall–Kier alpha value is -2.75. The summed E-state index contributed by atoms with van der Waals surface area (Å²) in [4.78, 5) is 15.7. The molecule has 0 saturated carbocycles. The molecule has 0 saturated heterocycles. The van der Waals surface area contributed by atoms with E-state index in [0.29, 0.717) is 15.7 Å². The first-order valence-corrected chi connectivity index (χ1v) is 8.89. The van der Waals surface area contributed by atoms with Crippen LogP contribution >= 0.6 is 23.2 Å². The number of fused-ring (bicyclic) bond motifs is 4. The fourth-order valence-corrected chi connectivity index (χ4v) is 3.94. The molecule has 2 heterocycles. The number of benzene rings is 3. The van der Waals surface area contributed by atoms with Gasteiger partial charge in [-0.3, -0.25) is 4.79 Å². The van der Waals surface area contributed by atoms with E-state index in [1.807, 2.05) is 24.3 Å². The molecule has 1 aliphatic rings. The van der Waals surface area contributed by atoms with Crippen LogP contribution in [0.1, 0.15) is 11.1 Å². The van der Waals surface area contributed by atoms with Crippen LogP contribution in [0, 0.1) is 0 Å². The van der Waals surface area contributed by atoms with Crippen LogP contribution < -0.4 is 5.32 Å². The predicted octanol–water partition coefficient (Wildman–Crippen LogP) is 6.12. The number of anilines is 1. The number of carbonyl (C=O) groups excluding carboxylic acids is 1. The maximum atomic E-state index is 12.5. The van der Waals surface area contributed by atoms with E-state index in [9.17, 15) is 4.79 Å². The van der Waals surface area contributed by atoms with Gasteiger partial charge in [0.2, 0.25) is 0 Å². The lowest BCUT2D eigenvalue weighted by molar-refractivity contribution is -0.110. The van der Waals surface area contributed by atoms with Crippen molar-refractivity contribution in [1.82, 2.24) is 4.98 Å². The Kier molecular flexibility index (Phi) is 3.36. The summed E-state index contributed by atoms with van der Waals surface area (Å²) in [5.41, 5.74) is 3.86. The molecule has 2 N–H and O–H groups in total. The van der Waals surface area contributed by atoms with Gasteiger partial charge in [0.25, 0.3) is 5.91 Å². The highest BCUT2D eigenvalue weighted by Gasteiger charge is 2.25. The molecule has 1 aliphatic heterocycles. The van der Waals surface area contributed by atoms with Gasteiger partial charge in [-0.15, -0.1) is 0 Å². The number of hydrogen-bond acceptors (Lipinski definition) is 1. The van der Waals surface area contributed by atoms with E-state index in [-0.39, 0.29) is 5.91 Å². The number of aromatic nitrogens is 1. The normalized spacial score (nSPS) is 15.0. The number of hydrogen-bond donors (Lipinski definition) is 2. The Morgan fingerprint density at radius 1 is 0.923 bits per heavy atom. The molecule has 0 fully saturated rings. The summed E-state index contributed by atoms with van der Waals surface area (Å²) >= 11 is 12.6. The van der Waals surface area contributed by atoms with Gasteiger partial charge in [-0.25, -0.2) is 0 Å². The standard InChI is InChI=1S/C21H12Cl2N2O/c22-12-6-8-18-15(9-12)17(21(26)24-18)10-16-14-7-5-11-3-1-2-4-13(11)19(14)25-20(16)23/h1-10,25H,(H,24,26)/b17-10+. The Morgan fingerprint density at radius 3 is 2.65 bits per heavy atom. The lowest BCUT2D eigenvalue weighted by Gasteiger charge is -2.01. The van der Waals surface area contributed by atoms with E-state index in [1.165, 1.54) is 0 Å². The highest BCUT2D eigenvalue weighted by atomic mass is 35.5. The minimum absolute atomic E-state index is 0.159. The minimum atomic E-state index is -0.159. The molecule has 1 amide bonds. The smallest absolute Gasteiger partial charge is 0.256 e. The summed E-state index contributed by atoms with van der Waals surface area (Å²) in [6.07, 6.45) is 1.83. The predicted molar refractivity (Wildman–Crippen MR) is 109 cm³/mol. The minimum Gasteiger partial charge on any atom is -0.345 e. The maximum Gasteiger partial charge on any atom is 0.256 e. The van der Waals surface area contributed by atoms with Crippen molar-refractivity contribution in [3.63, 3.8) is 0 Å². The lowest BCUT2D eigenvalue weighted by atomic mass is 10.0. The van der Waals surface area contributed by atoms with Crippen molar-refractivity contribution in [2.75, 3.05) is 5.32 Å². The molecule has 0 radical (unpaired) electrons.